The molecule has 33 heavy (non-hydrogen) atoms. The molecule has 1 fully saturated rings. The Hall–Kier alpha value is -3.75. The van der Waals surface area contributed by atoms with Gasteiger partial charge >= 0.3 is 12.0 Å². The Morgan fingerprint density at radius 3 is 2.61 bits per heavy atom. The van der Waals surface area contributed by atoms with Gasteiger partial charge in [-0.2, -0.15) is 5.10 Å². The van der Waals surface area contributed by atoms with Gasteiger partial charge in [0.1, 0.15) is 0 Å². The summed E-state index contributed by atoms with van der Waals surface area (Å²) in [5.74, 6) is -1.37. The van der Waals surface area contributed by atoms with E-state index in [9.17, 15) is 14.4 Å². The van der Waals surface area contributed by atoms with Crippen LogP contribution in [-0.2, 0) is 16.1 Å². The van der Waals surface area contributed by atoms with Gasteiger partial charge in [-0.15, -0.1) is 0 Å². The summed E-state index contributed by atoms with van der Waals surface area (Å²) in [7, 11) is 0. The summed E-state index contributed by atoms with van der Waals surface area (Å²) in [5.41, 5.74) is 2.25. The number of pyridine rings is 1. The minimum atomic E-state index is -1.16. The Kier molecular flexibility index (Phi) is 6.67. The second kappa shape index (κ2) is 9.81. The molecule has 1 unspecified atom stereocenters. The molecule has 0 radical (unpaired) electrons. The highest BCUT2D eigenvalue weighted by Crippen LogP contribution is 2.26. The fourth-order valence-corrected chi connectivity index (χ4v) is 3.99. The number of rotatable bonds is 6. The highest BCUT2D eigenvalue weighted by Gasteiger charge is 2.25. The summed E-state index contributed by atoms with van der Waals surface area (Å²) >= 11 is 0. The molecule has 1 aliphatic carbocycles. The SMILES string of the molecule is CCn1ncc2c(C(=O)OC(C)C(=O)NC(=O)NC3CCCC3)cc(-c3ccccc3)nc21. The summed E-state index contributed by atoms with van der Waals surface area (Å²) < 4.78 is 7.11. The maximum absolute atomic E-state index is 13.1. The Morgan fingerprint density at radius 2 is 1.91 bits per heavy atom. The van der Waals surface area contributed by atoms with Crippen LogP contribution in [0.25, 0.3) is 22.3 Å². The van der Waals surface area contributed by atoms with Crippen LogP contribution in [0.3, 0.4) is 0 Å². The number of carbonyl (C=O) groups excluding carboxylic acids is 3. The number of aromatic nitrogens is 3. The molecule has 172 valence electrons. The number of hydrogen-bond donors (Lipinski definition) is 2. The molecule has 0 bridgehead atoms. The number of nitrogens with zero attached hydrogens (tertiary/aromatic N) is 3. The summed E-state index contributed by atoms with van der Waals surface area (Å²) in [6.07, 6.45) is 4.34. The normalized spacial score (nSPS) is 14.7. The lowest BCUT2D eigenvalue weighted by Crippen LogP contribution is -2.47. The van der Waals surface area contributed by atoms with Crippen LogP contribution in [0.1, 0.15) is 49.9 Å². The van der Waals surface area contributed by atoms with Crippen molar-refractivity contribution in [3.05, 3.63) is 48.2 Å². The third-order valence-electron chi connectivity index (χ3n) is 5.78. The highest BCUT2D eigenvalue weighted by atomic mass is 16.5. The molecular formula is C24H27N5O4. The lowest BCUT2D eigenvalue weighted by atomic mass is 10.1. The maximum atomic E-state index is 13.1. The first-order valence-electron chi connectivity index (χ1n) is 11.2. The van der Waals surface area contributed by atoms with Crippen molar-refractivity contribution in [2.45, 2.75) is 58.2 Å². The standard InChI is InChI=1S/C24H27N5O4/c1-3-29-21-19(14-25-29)18(13-20(27-21)16-9-5-4-6-10-16)23(31)33-15(2)22(30)28-24(32)26-17-11-7-8-12-17/h4-6,9-10,13-15,17H,3,7-8,11-12H2,1-2H3,(H2,26,28,30,32). The predicted octanol–water partition coefficient (Wildman–Crippen LogP) is 3.43. The fourth-order valence-electron chi connectivity index (χ4n) is 3.99. The zero-order valence-corrected chi connectivity index (χ0v) is 18.7. The van der Waals surface area contributed by atoms with Crippen LogP contribution in [0.2, 0.25) is 0 Å². The van der Waals surface area contributed by atoms with Gasteiger partial charge in [-0.05, 0) is 32.8 Å². The van der Waals surface area contributed by atoms with Crippen LogP contribution >= 0.6 is 0 Å². The molecule has 1 aromatic carbocycles. The highest BCUT2D eigenvalue weighted by molar-refractivity contribution is 6.05. The second-order valence-electron chi connectivity index (χ2n) is 8.11. The van der Waals surface area contributed by atoms with E-state index in [1.54, 1.807) is 16.9 Å². The molecule has 0 aliphatic heterocycles. The number of hydrogen-bond acceptors (Lipinski definition) is 6. The van der Waals surface area contributed by atoms with Crippen molar-refractivity contribution in [1.29, 1.82) is 0 Å². The molecule has 2 N–H and O–H groups in total. The van der Waals surface area contributed by atoms with E-state index in [2.05, 4.69) is 20.7 Å². The Bertz CT molecular complexity index is 1170. The molecule has 9 heteroatoms. The number of nitrogens with one attached hydrogen (secondary N) is 2. The number of fused-ring (bicyclic) bond motifs is 1. The molecule has 2 aromatic heterocycles. The molecule has 0 saturated heterocycles. The van der Waals surface area contributed by atoms with Gasteiger partial charge in [-0.25, -0.2) is 19.3 Å². The number of amides is 3. The number of ether oxygens (including phenoxy) is 1. The van der Waals surface area contributed by atoms with Crippen molar-refractivity contribution in [1.82, 2.24) is 25.4 Å². The van der Waals surface area contributed by atoms with E-state index >= 15 is 0 Å². The second-order valence-corrected chi connectivity index (χ2v) is 8.11. The first kappa shape index (κ1) is 22.4. The van der Waals surface area contributed by atoms with E-state index in [1.165, 1.54) is 6.92 Å². The van der Waals surface area contributed by atoms with Gasteiger partial charge < -0.3 is 10.1 Å². The van der Waals surface area contributed by atoms with Crippen molar-refractivity contribution in [2.24, 2.45) is 0 Å². The average Bonchev–Trinajstić information content (AvgIpc) is 3.48. The number of carbonyl (C=O) groups is 3. The monoisotopic (exact) mass is 449 g/mol. The molecule has 0 spiro atoms. The quantitative estimate of drug-likeness (QED) is 0.557. The Balaban J connectivity index is 1.52. The van der Waals surface area contributed by atoms with Crippen molar-refractivity contribution >= 4 is 28.9 Å². The summed E-state index contributed by atoms with van der Waals surface area (Å²) in [6.45, 7) is 3.95. The summed E-state index contributed by atoms with van der Waals surface area (Å²) in [6, 6.07) is 10.6. The number of aryl methyl sites for hydroxylation is 1. The number of esters is 1. The van der Waals surface area contributed by atoms with Crippen molar-refractivity contribution < 1.29 is 19.1 Å². The van der Waals surface area contributed by atoms with Crippen LogP contribution in [0.5, 0.6) is 0 Å². The van der Waals surface area contributed by atoms with Crippen LogP contribution in [0, 0.1) is 0 Å². The first-order valence-corrected chi connectivity index (χ1v) is 11.2. The summed E-state index contributed by atoms with van der Waals surface area (Å²) in [4.78, 5) is 42.2. The van der Waals surface area contributed by atoms with Crippen molar-refractivity contribution in [3.63, 3.8) is 0 Å². The van der Waals surface area contributed by atoms with Crippen LogP contribution in [-0.4, -0.2) is 44.8 Å². The molecule has 1 aliphatic rings. The molecule has 9 nitrogen and oxygen atoms in total. The molecular weight excluding hydrogens is 422 g/mol. The van der Waals surface area contributed by atoms with E-state index in [0.29, 0.717) is 23.3 Å². The molecule has 3 amide bonds. The van der Waals surface area contributed by atoms with Gasteiger partial charge in [-0.3, -0.25) is 10.1 Å². The lowest BCUT2D eigenvalue weighted by Gasteiger charge is -2.16. The van der Waals surface area contributed by atoms with Gasteiger partial charge in [0.05, 0.1) is 22.8 Å². The molecule has 4 rings (SSSR count). The van der Waals surface area contributed by atoms with E-state index < -0.39 is 24.0 Å². The number of imide groups is 1. The fraction of sp³-hybridized carbons (Fsp3) is 0.375. The lowest BCUT2D eigenvalue weighted by molar-refractivity contribution is -0.127. The minimum Gasteiger partial charge on any atom is -0.449 e. The van der Waals surface area contributed by atoms with E-state index in [0.717, 1.165) is 31.2 Å². The van der Waals surface area contributed by atoms with E-state index in [1.807, 2.05) is 37.3 Å². The zero-order chi connectivity index (χ0) is 23.4. The van der Waals surface area contributed by atoms with Gasteiger partial charge in [0.15, 0.2) is 11.8 Å². The topological polar surface area (TPSA) is 115 Å². The third-order valence-corrected chi connectivity index (χ3v) is 5.78. The number of urea groups is 1. The van der Waals surface area contributed by atoms with Crippen molar-refractivity contribution in [2.75, 3.05) is 0 Å². The summed E-state index contributed by atoms with van der Waals surface area (Å²) in [5, 5.41) is 9.88. The van der Waals surface area contributed by atoms with E-state index in [-0.39, 0.29) is 11.6 Å². The van der Waals surface area contributed by atoms with E-state index in [4.69, 9.17) is 4.74 Å². The van der Waals surface area contributed by atoms with Gasteiger partial charge in [0.25, 0.3) is 5.91 Å². The molecule has 1 atom stereocenters. The largest absolute Gasteiger partial charge is 0.449 e. The Labute approximate surface area is 191 Å². The minimum absolute atomic E-state index is 0.0762. The zero-order valence-electron chi connectivity index (χ0n) is 18.7. The predicted molar refractivity (Wildman–Crippen MR) is 122 cm³/mol. The van der Waals surface area contributed by atoms with Gasteiger partial charge in [-0.1, -0.05) is 43.2 Å². The van der Waals surface area contributed by atoms with Crippen LogP contribution in [0.15, 0.2) is 42.6 Å². The average molecular weight is 450 g/mol. The van der Waals surface area contributed by atoms with Crippen LogP contribution < -0.4 is 10.6 Å². The number of benzene rings is 1. The Morgan fingerprint density at radius 1 is 1.18 bits per heavy atom. The molecule has 2 heterocycles. The third kappa shape index (κ3) is 5.02. The first-order chi connectivity index (χ1) is 16.0. The molecule has 1 saturated carbocycles. The van der Waals surface area contributed by atoms with Crippen LogP contribution in [0.4, 0.5) is 4.79 Å². The van der Waals surface area contributed by atoms with Gasteiger partial charge in [0.2, 0.25) is 0 Å². The van der Waals surface area contributed by atoms with Crippen molar-refractivity contribution in [3.8, 4) is 11.3 Å². The smallest absolute Gasteiger partial charge is 0.339 e. The van der Waals surface area contributed by atoms with Gasteiger partial charge in [0, 0.05) is 18.2 Å². The molecule has 3 aromatic rings. The maximum Gasteiger partial charge on any atom is 0.339 e.